The Morgan fingerprint density at radius 2 is 1.97 bits per heavy atom. The van der Waals surface area contributed by atoms with Crippen molar-refractivity contribution in [3.63, 3.8) is 0 Å². The number of nitrogens with one attached hydrogen (secondary N) is 1. The number of tetrazole rings is 1. The van der Waals surface area contributed by atoms with Gasteiger partial charge in [-0.05, 0) is 48.0 Å². The number of benzene rings is 2. The third-order valence-electron chi connectivity index (χ3n) is 4.76. The fourth-order valence-electron chi connectivity index (χ4n) is 3.32. The van der Waals surface area contributed by atoms with E-state index in [4.69, 9.17) is 21.1 Å². The van der Waals surface area contributed by atoms with Crippen LogP contribution in [0.4, 0.5) is 5.95 Å². The van der Waals surface area contributed by atoms with Crippen LogP contribution in [0.1, 0.15) is 31.0 Å². The van der Waals surface area contributed by atoms with Gasteiger partial charge in [-0.2, -0.15) is 4.68 Å². The summed E-state index contributed by atoms with van der Waals surface area (Å²) in [5, 5.41) is 15.5. The van der Waals surface area contributed by atoms with Crippen LogP contribution in [0.2, 0.25) is 5.02 Å². The summed E-state index contributed by atoms with van der Waals surface area (Å²) < 4.78 is 12.7. The lowest BCUT2D eigenvalue weighted by Gasteiger charge is -2.27. The zero-order valence-corrected chi connectivity index (χ0v) is 17.3. The fraction of sp³-hybridized carbons (Fsp3) is 0.238. The van der Waals surface area contributed by atoms with Gasteiger partial charge >= 0.3 is 5.97 Å². The minimum Gasteiger partial charge on any atom is -0.489 e. The number of fused-ring (bicyclic) bond motifs is 1. The van der Waals surface area contributed by atoms with Crippen LogP contribution in [0.5, 0.6) is 5.75 Å². The molecule has 30 heavy (non-hydrogen) atoms. The molecule has 8 nitrogen and oxygen atoms in total. The lowest BCUT2D eigenvalue weighted by Crippen LogP contribution is -2.29. The first kappa shape index (κ1) is 19.9. The Labute approximate surface area is 178 Å². The highest BCUT2D eigenvalue weighted by atomic mass is 35.5. The highest BCUT2D eigenvalue weighted by Crippen LogP contribution is 2.35. The van der Waals surface area contributed by atoms with E-state index in [0.717, 1.165) is 11.1 Å². The minimum absolute atomic E-state index is 0.277. The van der Waals surface area contributed by atoms with E-state index in [9.17, 15) is 4.79 Å². The quantitative estimate of drug-likeness (QED) is 0.601. The molecule has 2 heterocycles. The number of hydrogen-bond donors (Lipinski definition) is 1. The van der Waals surface area contributed by atoms with E-state index >= 15 is 0 Å². The van der Waals surface area contributed by atoms with Crippen molar-refractivity contribution in [3.8, 4) is 5.75 Å². The van der Waals surface area contributed by atoms with Gasteiger partial charge in [0, 0.05) is 16.3 Å². The third kappa shape index (κ3) is 3.86. The number of anilines is 1. The van der Waals surface area contributed by atoms with Gasteiger partial charge in [0.05, 0.1) is 12.2 Å². The van der Waals surface area contributed by atoms with Crippen molar-refractivity contribution in [1.29, 1.82) is 0 Å². The molecule has 0 amide bonds. The molecule has 0 saturated carbocycles. The highest BCUT2D eigenvalue weighted by Gasteiger charge is 2.34. The number of aromatic nitrogens is 4. The number of carbonyl (C=O) groups excluding carboxylic acids is 1. The predicted molar refractivity (Wildman–Crippen MR) is 111 cm³/mol. The molecule has 0 radical (unpaired) electrons. The second kappa shape index (κ2) is 8.54. The SMILES string of the molecule is CCOC(=O)C1=C(C)Nc2nnnn2C1c1ccc(OCc2ccccc2Cl)cc1. The third-order valence-corrected chi connectivity index (χ3v) is 5.13. The van der Waals surface area contributed by atoms with Crippen LogP contribution in [-0.2, 0) is 16.1 Å². The molecule has 0 saturated heterocycles. The molecular formula is C21H20ClN5O3. The zero-order valence-electron chi connectivity index (χ0n) is 16.5. The van der Waals surface area contributed by atoms with Crippen LogP contribution in [-0.4, -0.2) is 32.8 Å². The van der Waals surface area contributed by atoms with E-state index in [1.54, 1.807) is 18.5 Å². The summed E-state index contributed by atoms with van der Waals surface area (Å²) in [6, 6.07) is 14.5. The number of hydrogen-bond acceptors (Lipinski definition) is 7. The first-order chi connectivity index (χ1) is 14.6. The first-order valence-corrected chi connectivity index (χ1v) is 9.85. The molecule has 4 rings (SSSR count). The smallest absolute Gasteiger partial charge is 0.338 e. The highest BCUT2D eigenvalue weighted by molar-refractivity contribution is 6.31. The molecule has 1 unspecified atom stereocenters. The van der Waals surface area contributed by atoms with Gasteiger partial charge in [0.25, 0.3) is 0 Å². The molecule has 1 aliphatic heterocycles. The second-order valence-corrected chi connectivity index (χ2v) is 7.09. The fourth-order valence-corrected chi connectivity index (χ4v) is 3.51. The molecule has 0 bridgehead atoms. The normalized spacial score (nSPS) is 15.4. The van der Waals surface area contributed by atoms with Crippen LogP contribution in [0.25, 0.3) is 0 Å². The standard InChI is InChI=1S/C21H20ClN5O3/c1-3-29-20(28)18-13(2)23-21-24-25-26-27(21)19(18)14-8-10-16(11-9-14)30-12-15-6-4-5-7-17(15)22/h4-11,19H,3,12H2,1-2H3,(H,23,24,26). The average molecular weight is 426 g/mol. The summed E-state index contributed by atoms with van der Waals surface area (Å²) in [7, 11) is 0. The monoisotopic (exact) mass is 425 g/mol. The van der Waals surface area contributed by atoms with E-state index in [2.05, 4.69) is 20.8 Å². The van der Waals surface area contributed by atoms with Crippen molar-refractivity contribution in [3.05, 3.63) is 76.0 Å². The summed E-state index contributed by atoms with van der Waals surface area (Å²) in [6.07, 6.45) is 0. The zero-order chi connectivity index (χ0) is 21.1. The van der Waals surface area contributed by atoms with E-state index in [0.29, 0.717) is 34.6 Å². The van der Waals surface area contributed by atoms with Crippen molar-refractivity contribution >= 4 is 23.5 Å². The van der Waals surface area contributed by atoms with E-state index in [1.807, 2.05) is 48.5 Å². The number of nitrogens with zero attached hydrogens (tertiary/aromatic N) is 4. The Morgan fingerprint density at radius 3 is 2.70 bits per heavy atom. The van der Waals surface area contributed by atoms with Crippen molar-refractivity contribution in [2.75, 3.05) is 11.9 Å². The van der Waals surface area contributed by atoms with Crippen LogP contribution in [0.3, 0.4) is 0 Å². The van der Waals surface area contributed by atoms with Gasteiger partial charge in [0.15, 0.2) is 0 Å². The van der Waals surface area contributed by atoms with Crippen molar-refractivity contribution in [2.24, 2.45) is 0 Å². The van der Waals surface area contributed by atoms with Crippen molar-refractivity contribution in [1.82, 2.24) is 20.2 Å². The van der Waals surface area contributed by atoms with Crippen molar-refractivity contribution < 1.29 is 14.3 Å². The predicted octanol–water partition coefficient (Wildman–Crippen LogP) is 3.76. The van der Waals surface area contributed by atoms with Gasteiger partial charge in [0.2, 0.25) is 5.95 Å². The largest absolute Gasteiger partial charge is 0.489 e. The summed E-state index contributed by atoms with van der Waals surface area (Å²) in [4.78, 5) is 12.6. The molecule has 0 fully saturated rings. The number of allylic oxidation sites excluding steroid dienone is 1. The Kier molecular flexibility index (Phi) is 5.67. The molecule has 0 spiro atoms. The molecule has 2 aromatic carbocycles. The van der Waals surface area contributed by atoms with Crippen LogP contribution < -0.4 is 10.1 Å². The van der Waals surface area contributed by atoms with E-state index < -0.39 is 12.0 Å². The molecule has 1 N–H and O–H groups in total. The molecule has 9 heteroatoms. The molecule has 1 atom stereocenters. The topological polar surface area (TPSA) is 91.2 Å². The second-order valence-electron chi connectivity index (χ2n) is 6.68. The molecule has 1 aliphatic rings. The van der Waals surface area contributed by atoms with Gasteiger partial charge < -0.3 is 14.8 Å². The van der Waals surface area contributed by atoms with Crippen LogP contribution >= 0.6 is 11.6 Å². The Morgan fingerprint density at radius 1 is 1.20 bits per heavy atom. The summed E-state index contributed by atoms with van der Waals surface area (Å²) in [5.74, 6) is 0.736. The number of ether oxygens (including phenoxy) is 2. The maximum atomic E-state index is 12.6. The molecule has 1 aromatic heterocycles. The van der Waals surface area contributed by atoms with Gasteiger partial charge in [-0.25, -0.2) is 4.79 Å². The van der Waals surface area contributed by atoms with Gasteiger partial charge in [-0.15, -0.1) is 0 Å². The average Bonchev–Trinajstić information content (AvgIpc) is 3.21. The number of halogens is 1. The number of carbonyl (C=O) groups is 1. The summed E-state index contributed by atoms with van der Waals surface area (Å²) >= 11 is 6.18. The lowest BCUT2D eigenvalue weighted by atomic mass is 9.96. The van der Waals surface area contributed by atoms with Gasteiger partial charge in [-0.1, -0.05) is 47.0 Å². The summed E-state index contributed by atoms with van der Waals surface area (Å²) in [5.41, 5.74) is 2.85. The number of rotatable bonds is 6. The maximum Gasteiger partial charge on any atom is 0.338 e. The van der Waals surface area contributed by atoms with E-state index in [-0.39, 0.29) is 6.61 Å². The first-order valence-electron chi connectivity index (χ1n) is 9.47. The van der Waals surface area contributed by atoms with Crippen LogP contribution in [0, 0.1) is 0 Å². The van der Waals surface area contributed by atoms with Gasteiger partial charge in [0.1, 0.15) is 18.4 Å². The molecular weight excluding hydrogens is 406 g/mol. The van der Waals surface area contributed by atoms with Crippen molar-refractivity contribution in [2.45, 2.75) is 26.5 Å². The molecule has 3 aromatic rings. The lowest BCUT2D eigenvalue weighted by molar-refractivity contribution is -0.139. The van der Waals surface area contributed by atoms with Gasteiger partial charge in [-0.3, -0.25) is 0 Å². The van der Waals surface area contributed by atoms with E-state index in [1.165, 1.54) is 0 Å². The minimum atomic E-state index is -0.507. The van der Waals surface area contributed by atoms with Crippen LogP contribution in [0.15, 0.2) is 59.8 Å². The Hall–Kier alpha value is -3.39. The Bertz CT molecular complexity index is 1090. The molecule has 154 valence electrons. The Balaban J connectivity index is 1.60. The molecule has 0 aliphatic carbocycles. The summed E-state index contributed by atoms with van der Waals surface area (Å²) in [6.45, 7) is 4.21. The maximum absolute atomic E-state index is 12.6. The number of esters is 1.